The van der Waals surface area contributed by atoms with Gasteiger partial charge in [-0.3, -0.25) is 9.59 Å². The van der Waals surface area contributed by atoms with E-state index in [0.717, 1.165) is 59.2 Å². The molecular formula is C64H60N4O14S4. The van der Waals surface area contributed by atoms with E-state index in [9.17, 15) is 39.3 Å². The molecule has 2 heterocycles. The van der Waals surface area contributed by atoms with Gasteiger partial charge in [-0.2, -0.15) is 0 Å². The lowest BCUT2D eigenvalue weighted by Crippen LogP contribution is -2.31. The summed E-state index contributed by atoms with van der Waals surface area (Å²) in [6.07, 6.45) is 5.65. The van der Waals surface area contributed by atoms with Crippen molar-refractivity contribution in [3.8, 4) is 46.6 Å². The minimum absolute atomic E-state index is 0.141. The van der Waals surface area contributed by atoms with Crippen LogP contribution >= 0.6 is 47.0 Å². The normalized spacial score (nSPS) is 16.2. The lowest BCUT2D eigenvalue weighted by molar-refractivity contribution is -0.145. The fourth-order valence-electron chi connectivity index (χ4n) is 8.76. The van der Waals surface area contributed by atoms with E-state index in [2.05, 4.69) is 22.8 Å². The van der Waals surface area contributed by atoms with Gasteiger partial charge < -0.3 is 37.9 Å². The SMILES string of the molecule is [C-]#[N+]/C(C#N)=C1/Sc2c(OC(=O)c3ccc(OCCCCOC(=O)C=C)cc3)cc(C(C)(C)C)c(OC(=O)C3CCC(C(=O)Oc4c(C(C)(C)C)cc(OC(=O)c5ccc(OCCCCOC(=O)C=C)cc5)c5c4S/C(=C(\C#N)[N+]#[C-])S5)CC3)c2S1. The number of rotatable bonds is 22. The molecule has 0 bridgehead atoms. The van der Waals surface area contributed by atoms with Crippen LogP contribution in [0.1, 0.15) is 125 Å². The zero-order valence-corrected chi connectivity index (χ0v) is 51.4. The van der Waals surface area contributed by atoms with Crippen LogP contribution in [0.3, 0.4) is 0 Å². The smallest absolute Gasteiger partial charge is 0.343 e. The van der Waals surface area contributed by atoms with E-state index < -0.39 is 58.5 Å². The zero-order valence-electron chi connectivity index (χ0n) is 48.1. The van der Waals surface area contributed by atoms with Crippen LogP contribution in [0.25, 0.3) is 9.69 Å². The van der Waals surface area contributed by atoms with Crippen molar-refractivity contribution in [2.75, 3.05) is 26.4 Å². The number of ether oxygens (including phenoxy) is 8. The van der Waals surface area contributed by atoms with Crippen LogP contribution in [0.2, 0.25) is 0 Å². The van der Waals surface area contributed by atoms with Crippen LogP contribution in [0.15, 0.2) is 125 Å². The third-order valence-corrected chi connectivity index (χ3v) is 18.5. The molecular weight excluding hydrogens is 1180 g/mol. The number of nitriles is 2. The molecule has 2 aliphatic heterocycles. The van der Waals surface area contributed by atoms with Crippen molar-refractivity contribution in [3.05, 3.63) is 151 Å². The largest absolute Gasteiger partial charge is 0.494 e. The summed E-state index contributed by atoms with van der Waals surface area (Å²) in [4.78, 5) is 87.3. The predicted molar refractivity (Wildman–Crippen MR) is 323 cm³/mol. The van der Waals surface area contributed by atoms with E-state index in [0.29, 0.717) is 89.6 Å². The molecule has 1 aliphatic carbocycles. The Morgan fingerprint density at radius 1 is 0.547 bits per heavy atom. The summed E-state index contributed by atoms with van der Waals surface area (Å²) in [7, 11) is 0. The van der Waals surface area contributed by atoms with Crippen LogP contribution in [0.4, 0.5) is 0 Å². The van der Waals surface area contributed by atoms with Gasteiger partial charge in [0.1, 0.15) is 34.5 Å². The molecule has 86 heavy (non-hydrogen) atoms. The van der Waals surface area contributed by atoms with Gasteiger partial charge in [0.05, 0.1) is 103 Å². The van der Waals surface area contributed by atoms with Gasteiger partial charge in [0, 0.05) is 23.3 Å². The van der Waals surface area contributed by atoms with Gasteiger partial charge in [-0.1, -0.05) is 102 Å². The number of thioether (sulfide) groups is 4. The number of unbranched alkanes of at least 4 members (excludes halogenated alkanes) is 2. The third-order valence-electron chi connectivity index (χ3n) is 13.4. The van der Waals surface area contributed by atoms with Crippen LogP contribution in [-0.4, -0.2) is 62.2 Å². The molecule has 1 saturated carbocycles. The Morgan fingerprint density at radius 3 is 1.20 bits per heavy atom. The first-order valence-corrected chi connectivity index (χ1v) is 30.5. The predicted octanol–water partition coefficient (Wildman–Crippen LogP) is 14.4. The Hall–Kier alpha value is -8.38. The maximum absolute atomic E-state index is 14.4. The molecule has 22 heteroatoms. The van der Waals surface area contributed by atoms with Crippen molar-refractivity contribution >= 4 is 82.9 Å². The minimum Gasteiger partial charge on any atom is -0.494 e. The van der Waals surface area contributed by atoms with Crippen LogP contribution in [0, 0.1) is 47.6 Å². The number of hydrogen-bond acceptors (Lipinski definition) is 20. The second kappa shape index (κ2) is 29.6. The molecule has 4 aromatic rings. The highest BCUT2D eigenvalue weighted by atomic mass is 32.2. The number of carbonyl (C=O) groups is 6. The number of fused-ring (bicyclic) bond motifs is 2. The molecule has 0 spiro atoms. The molecule has 1 fully saturated rings. The third kappa shape index (κ3) is 16.5. The Balaban J connectivity index is 1.06. The van der Waals surface area contributed by atoms with Crippen LogP contribution in [-0.2, 0) is 39.5 Å². The number of allylic oxidation sites excluding steroid dienone is 2. The molecule has 444 valence electrons. The summed E-state index contributed by atoms with van der Waals surface area (Å²) in [6.45, 7) is 34.8. The van der Waals surface area contributed by atoms with Crippen molar-refractivity contribution < 1.29 is 66.7 Å². The molecule has 0 saturated heterocycles. The Labute approximate surface area is 516 Å². The lowest BCUT2D eigenvalue weighted by Gasteiger charge is -2.29. The minimum atomic E-state index is -0.697. The van der Waals surface area contributed by atoms with Crippen molar-refractivity contribution in [1.82, 2.24) is 0 Å². The first-order chi connectivity index (χ1) is 41.1. The van der Waals surface area contributed by atoms with Crippen LogP contribution < -0.4 is 28.4 Å². The molecule has 0 amide bonds. The van der Waals surface area contributed by atoms with Crippen molar-refractivity contribution in [2.45, 2.75) is 123 Å². The maximum atomic E-state index is 14.4. The molecule has 0 aromatic heterocycles. The van der Waals surface area contributed by atoms with Gasteiger partial charge >= 0.3 is 35.8 Å². The van der Waals surface area contributed by atoms with E-state index in [1.165, 1.54) is 0 Å². The summed E-state index contributed by atoms with van der Waals surface area (Å²) in [5, 5.41) is 19.8. The monoisotopic (exact) mass is 1240 g/mol. The summed E-state index contributed by atoms with van der Waals surface area (Å²) in [5.41, 5.74) is -0.296. The molecule has 18 nitrogen and oxygen atoms in total. The second-order valence-electron chi connectivity index (χ2n) is 21.5. The molecule has 0 N–H and O–H groups in total. The number of hydrogen-bond donors (Lipinski definition) is 0. The second-order valence-corrected chi connectivity index (χ2v) is 26.1. The Morgan fingerprint density at radius 2 is 0.884 bits per heavy atom. The topological polar surface area (TPSA) is 233 Å². The van der Waals surface area contributed by atoms with Crippen molar-refractivity contribution in [2.24, 2.45) is 11.8 Å². The van der Waals surface area contributed by atoms with E-state index >= 15 is 0 Å². The molecule has 3 aliphatic rings. The zero-order chi connectivity index (χ0) is 62.3. The van der Waals surface area contributed by atoms with E-state index in [4.69, 9.17) is 51.0 Å². The quantitative estimate of drug-likeness (QED) is 0.0178. The van der Waals surface area contributed by atoms with Gasteiger partial charge in [0.15, 0.2) is 0 Å². The van der Waals surface area contributed by atoms with Crippen LogP contribution in [0.5, 0.6) is 34.5 Å². The average molecular weight is 1240 g/mol. The van der Waals surface area contributed by atoms with Crippen molar-refractivity contribution in [3.63, 3.8) is 0 Å². The van der Waals surface area contributed by atoms with Gasteiger partial charge in [-0.05, 0) is 123 Å². The summed E-state index contributed by atoms with van der Waals surface area (Å²) in [6, 6.07) is 19.9. The highest BCUT2D eigenvalue weighted by Crippen LogP contribution is 2.63. The molecule has 7 rings (SSSR count). The maximum Gasteiger partial charge on any atom is 0.343 e. The van der Waals surface area contributed by atoms with E-state index in [1.54, 1.807) is 60.7 Å². The first kappa shape index (κ1) is 65.2. The number of benzene rings is 4. The fourth-order valence-corrected chi connectivity index (χ4v) is 13.7. The standard InChI is InChI=1S/C64H60N4O14S4/c1-11-49(69)77-31-15-13-29-75-41-25-21-39(22-26-41)57(71)79-47-33-43(63(3,4)5)51(55-53(47)83-61(85-55)45(35-65)67-9)81-59(73)37-17-19-38(20-18-37)60(74)82-52-44(64(6,7)8)34-48(54-56(52)86-62(84-54)46(36-66)68-10)80-58(72)40-23-27-42(28-24-40)76-30-14-16-32-78-50(70)12-2/h11-12,21-28,33-34,37-38H,1-2,13-20,29-32H2,3-8H3/b61-45-,62-46+. The summed E-state index contributed by atoms with van der Waals surface area (Å²) in [5.74, 6) is -3.05. The van der Waals surface area contributed by atoms with Gasteiger partial charge in [-0.15, -0.1) is 0 Å². The van der Waals surface area contributed by atoms with E-state index in [1.807, 2.05) is 53.7 Å². The molecule has 0 radical (unpaired) electrons. The molecule has 4 aromatic carbocycles. The average Bonchev–Trinajstić information content (AvgIpc) is 1.60. The molecule has 0 unspecified atom stereocenters. The Bertz CT molecular complexity index is 3320. The van der Waals surface area contributed by atoms with Gasteiger partial charge in [0.2, 0.25) is 0 Å². The highest BCUT2D eigenvalue weighted by Gasteiger charge is 2.40. The van der Waals surface area contributed by atoms with Crippen molar-refractivity contribution in [1.29, 1.82) is 10.5 Å². The Kier molecular flexibility index (Phi) is 22.4. The fraction of sp³-hybridized carbons (Fsp3) is 0.344. The highest BCUT2D eigenvalue weighted by molar-refractivity contribution is 8.25. The summed E-state index contributed by atoms with van der Waals surface area (Å²) >= 11 is 4.28. The number of esters is 6. The molecule has 0 atom stereocenters. The first-order valence-electron chi connectivity index (χ1n) is 27.2. The van der Waals surface area contributed by atoms with Gasteiger partial charge in [-0.25, -0.2) is 39.4 Å². The number of nitrogens with zero attached hydrogens (tertiary/aromatic N) is 4. The summed E-state index contributed by atoms with van der Waals surface area (Å²) < 4.78 is 47.1. The van der Waals surface area contributed by atoms with E-state index in [-0.39, 0.29) is 84.4 Å². The lowest BCUT2D eigenvalue weighted by atomic mass is 9.82. The van der Waals surface area contributed by atoms with Gasteiger partial charge in [0.25, 0.3) is 11.4 Å². The number of carbonyl (C=O) groups excluding carboxylic acids is 6.